The van der Waals surface area contributed by atoms with Gasteiger partial charge in [-0.3, -0.25) is 14.5 Å². The summed E-state index contributed by atoms with van der Waals surface area (Å²) >= 11 is 1.41. The number of fused-ring (bicyclic) bond motifs is 1. The first kappa shape index (κ1) is 20.5. The van der Waals surface area contributed by atoms with Crippen LogP contribution in [0.4, 0.5) is 5.82 Å². The van der Waals surface area contributed by atoms with Crippen LogP contribution in [0.1, 0.15) is 83.3 Å². The summed E-state index contributed by atoms with van der Waals surface area (Å²) in [5.74, 6) is 2.22. The molecule has 31 heavy (non-hydrogen) atoms. The maximum Gasteiger partial charge on any atom is 0.265 e. The molecule has 3 aliphatic rings. The molecule has 5 rings (SSSR count). The number of hydrogen-bond donors (Lipinski definition) is 0. The number of aromatic nitrogens is 3. The highest BCUT2D eigenvalue weighted by molar-refractivity contribution is 7.11. The van der Waals surface area contributed by atoms with E-state index in [9.17, 15) is 9.59 Å². The number of thiazole rings is 1. The maximum absolute atomic E-state index is 12.8. The Labute approximate surface area is 186 Å². The molecule has 0 radical (unpaired) electrons. The van der Waals surface area contributed by atoms with Gasteiger partial charge in [0.05, 0.1) is 11.2 Å². The Kier molecular flexibility index (Phi) is 5.50. The number of hydrogen-bond acceptors (Lipinski definition) is 6. The maximum atomic E-state index is 12.8. The van der Waals surface area contributed by atoms with Crippen LogP contribution < -0.4 is 4.90 Å². The van der Waals surface area contributed by atoms with Gasteiger partial charge in [-0.15, -0.1) is 11.3 Å². The van der Waals surface area contributed by atoms with Crippen molar-refractivity contribution in [1.82, 2.24) is 19.9 Å². The third kappa shape index (κ3) is 3.75. The number of anilines is 1. The summed E-state index contributed by atoms with van der Waals surface area (Å²) in [5.41, 5.74) is 4.69. The van der Waals surface area contributed by atoms with Crippen molar-refractivity contribution in [2.24, 2.45) is 0 Å². The number of nitrogens with zero attached hydrogens (tertiary/aromatic N) is 5. The first-order valence-electron chi connectivity index (χ1n) is 11.4. The van der Waals surface area contributed by atoms with Crippen LogP contribution in [-0.2, 0) is 11.2 Å². The Morgan fingerprint density at radius 3 is 2.45 bits per heavy atom. The molecule has 0 unspecified atom stereocenters. The lowest BCUT2D eigenvalue weighted by Crippen LogP contribution is -2.43. The van der Waals surface area contributed by atoms with Gasteiger partial charge in [0.15, 0.2) is 0 Å². The average molecular weight is 440 g/mol. The zero-order chi connectivity index (χ0) is 21.5. The van der Waals surface area contributed by atoms with Gasteiger partial charge in [-0.25, -0.2) is 15.0 Å². The van der Waals surface area contributed by atoms with E-state index in [1.165, 1.54) is 24.2 Å². The van der Waals surface area contributed by atoms with Crippen molar-refractivity contribution in [3.05, 3.63) is 33.2 Å². The molecule has 0 N–H and O–H groups in total. The predicted molar refractivity (Wildman–Crippen MR) is 120 cm³/mol. The Bertz CT molecular complexity index is 1010. The molecule has 8 heteroatoms. The second-order valence-electron chi connectivity index (χ2n) is 9.00. The zero-order valence-electron chi connectivity index (χ0n) is 18.3. The van der Waals surface area contributed by atoms with E-state index in [0.717, 1.165) is 65.6 Å². The minimum absolute atomic E-state index is 0.0824. The normalized spacial score (nSPS) is 20.4. The average Bonchev–Trinajstić information content (AvgIpc) is 3.45. The van der Waals surface area contributed by atoms with Crippen molar-refractivity contribution in [3.8, 4) is 0 Å². The Hall–Kier alpha value is -2.35. The fraction of sp³-hybridized carbons (Fsp3) is 0.609. The fourth-order valence-electron chi connectivity index (χ4n) is 5.28. The van der Waals surface area contributed by atoms with Gasteiger partial charge in [-0.1, -0.05) is 12.8 Å². The molecule has 4 heterocycles. The van der Waals surface area contributed by atoms with Crippen LogP contribution in [0.5, 0.6) is 0 Å². The van der Waals surface area contributed by atoms with Gasteiger partial charge in [0, 0.05) is 42.7 Å². The SMILES string of the molecule is Cc1ncsc1C(=O)N1CCC(c2nc(C)c3c(n2)N(C2CCCC2)C(=O)CC3)CC1. The van der Waals surface area contributed by atoms with Crippen LogP contribution in [-0.4, -0.2) is 50.8 Å². The molecule has 0 spiro atoms. The van der Waals surface area contributed by atoms with Crippen molar-refractivity contribution < 1.29 is 9.59 Å². The van der Waals surface area contributed by atoms with E-state index in [1.54, 1.807) is 5.51 Å². The monoisotopic (exact) mass is 439 g/mol. The summed E-state index contributed by atoms with van der Waals surface area (Å²) in [5, 5.41) is 0. The summed E-state index contributed by atoms with van der Waals surface area (Å²) in [6.07, 6.45) is 7.51. The van der Waals surface area contributed by atoms with E-state index in [4.69, 9.17) is 9.97 Å². The number of carbonyl (C=O) groups excluding carboxylic acids is 2. The van der Waals surface area contributed by atoms with E-state index in [-0.39, 0.29) is 23.8 Å². The first-order chi connectivity index (χ1) is 15.0. The summed E-state index contributed by atoms with van der Waals surface area (Å²) in [7, 11) is 0. The highest BCUT2D eigenvalue weighted by Crippen LogP contribution is 2.36. The van der Waals surface area contributed by atoms with E-state index in [0.29, 0.717) is 19.5 Å². The fourth-order valence-corrected chi connectivity index (χ4v) is 6.05. The summed E-state index contributed by atoms with van der Waals surface area (Å²) < 4.78 is 0. The highest BCUT2D eigenvalue weighted by atomic mass is 32.1. The molecule has 1 aliphatic carbocycles. The van der Waals surface area contributed by atoms with Crippen LogP contribution in [0.15, 0.2) is 5.51 Å². The number of carbonyl (C=O) groups is 2. The Morgan fingerprint density at radius 2 is 1.77 bits per heavy atom. The minimum atomic E-state index is 0.0824. The lowest BCUT2D eigenvalue weighted by molar-refractivity contribution is -0.119. The largest absolute Gasteiger partial charge is 0.338 e. The minimum Gasteiger partial charge on any atom is -0.338 e. The number of amides is 2. The lowest BCUT2D eigenvalue weighted by atomic mass is 9.94. The molecular formula is C23H29N5O2S. The van der Waals surface area contributed by atoms with Crippen LogP contribution in [0.2, 0.25) is 0 Å². The molecule has 2 amide bonds. The van der Waals surface area contributed by atoms with Gasteiger partial charge < -0.3 is 4.90 Å². The van der Waals surface area contributed by atoms with Crippen molar-refractivity contribution >= 4 is 29.0 Å². The molecule has 0 bridgehead atoms. The topological polar surface area (TPSA) is 79.3 Å². The lowest BCUT2D eigenvalue weighted by Gasteiger charge is -2.35. The van der Waals surface area contributed by atoms with Crippen molar-refractivity contribution in [3.63, 3.8) is 0 Å². The number of rotatable bonds is 3. The van der Waals surface area contributed by atoms with Crippen LogP contribution in [0.25, 0.3) is 0 Å². The molecule has 0 atom stereocenters. The van der Waals surface area contributed by atoms with E-state index < -0.39 is 0 Å². The molecule has 0 aromatic carbocycles. The third-order valence-corrected chi connectivity index (χ3v) is 7.99. The standard InChI is InChI=1S/C23H29N5O2S/c1-14-18-7-8-19(29)28(17-5-3-4-6-17)22(18)26-21(25-14)16-9-11-27(12-10-16)23(30)20-15(2)24-13-31-20/h13,16-17H,3-12H2,1-2H3. The molecule has 1 saturated heterocycles. The van der Waals surface area contributed by atoms with E-state index in [2.05, 4.69) is 11.9 Å². The van der Waals surface area contributed by atoms with Gasteiger partial charge in [0.2, 0.25) is 5.91 Å². The highest BCUT2D eigenvalue weighted by Gasteiger charge is 2.36. The summed E-state index contributed by atoms with van der Waals surface area (Å²) in [6, 6.07) is 0.288. The second-order valence-corrected chi connectivity index (χ2v) is 9.86. The second kappa shape index (κ2) is 8.30. The first-order valence-corrected chi connectivity index (χ1v) is 12.3. The molecule has 2 aromatic rings. The van der Waals surface area contributed by atoms with Gasteiger partial charge in [0.25, 0.3) is 5.91 Å². The van der Waals surface area contributed by atoms with Gasteiger partial charge >= 0.3 is 0 Å². The van der Waals surface area contributed by atoms with Crippen molar-refractivity contribution in [2.45, 2.75) is 77.2 Å². The summed E-state index contributed by atoms with van der Waals surface area (Å²) in [4.78, 5) is 44.4. The van der Waals surface area contributed by atoms with E-state index in [1.807, 2.05) is 16.7 Å². The number of likely N-dealkylation sites (tertiary alicyclic amines) is 1. The van der Waals surface area contributed by atoms with Gasteiger partial charge in [0.1, 0.15) is 16.5 Å². The molecule has 164 valence electrons. The molecule has 7 nitrogen and oxygen atoms in total. The predicted octanol–water partition coefficient (Wildman–Crippen LogP) is 3.79. The molecule has 1 saturated carbocycles. The number of piperidine rings is 1. The van der Waals surface area contributed by atoms with Gasteiger partial charge in [-0.2, -0.15) is 0 Å². The van der Waals surface area contributed by atoms with Crippen LogP contribution >= 0.6 is 11.3 Å². The quantitative estimate of drug-likeness (QED) is 0.727. The van der Waals surface area contributed by atoms with E-state index >= 15 is 0 Å². The number of aryl methyl sites for hydroxylation is 2. The smallest absolute Gasteiger partial charge is 0.265 e. The van der Waals surface area contributed by atoms with Crippen molar-refractivity contribution in [2.75, 3.05) is 18.0 Å². The Morgan fingerprint density at radius 1 is 1.03 bits per heavy atom. The molecule has 2 fully saturated rings. The van der Waals surface area contributed by atoms with Crippen LogP contribution in [0.3, 0.4) is 0 Å². The van der Waals surface area contributed by atoms with Crippen molar-refractivity contribution in [1.29, 1.82) is 0 Å². The molecule has 2 aliphatic heterocycles. The summed E-state index contributed by atoms with van der Waals surface area (Å²) in [6.45, 7) is 5.34. The van der Waals surface area contributed by atoms with Gasteiger partial charge in [-0.05, 0) is 46.0 Å². The molecule has 2 aromatic heterocycles. The molecular weight excluding hydrogens is 410 g/mol. The zero-order valence-corrected chi connectivity index (χ0v) is 19.1. The third-order valence-electron chi connectivity index (χ3n) is 7.07. The Balaban J connectivity index is 1.36. The van der Waals surface area contributed by atoms with Crippen LogP contribution in [0, 0.1) is 13.8 Å².